The molecule has 31 heavy (non-hydrogen) atoms. The Morgan fingerprint density at radius 2 is 1.84 bits per heavy atom. The van der Waals surface area contributed by atoms with Crippen molar-refractivity contribution in [3.63, 3.8) is 0 Å². The van der Waals surface area contributed by atoms with Crippen LogP contribution in [0.15, 0.2) is 53.0 Å². The highest BCUT2D eigenvalue weighted by molar-refractivity contribution is 9.10. The summed E-state index contributed by atoms with van der Waals surface area (Å²) in [6, 6.07) is 13.0. The number of ether oxygens (including phenoxy) is 1. The largest absolute Gasteiger partial charge is 0.497 e. The van der Waals surface area contributed by atoms with Crippen LogP contribution in [0.1, 0.15) is 12.5 Å². The molecule has 8 nitrogen and oxygen atoms in total. The summed E-state index contributed by atoms with van der Waals surface area (Å²) in [6.07, 6.45) is 1.03. The van der Waals surface area contributed by atoms with Crippen molar-refractivity contribution in [1.82, 2.24) is 10.2 Å². The van der Waals surface area contributed by atoms with Crippen LogP contribution in [-0.4, -0.2) is 58.1 Å². The molecule has 0 aromatic heterocycles. The zero-order chi connectivity index (χ0) is 23.2. The Balaban J connectivity index is 2.39. The average molecular weight is 512 g/mol. The van der Waals surface area contributed by atoms with Crippen LogP contribution < -0.4 is 14.4 Å². The normalized spacial score (nSPS) is 12.0. The molecule has 1 N–H and O–H groups in total. The number of carbonyl (C=O) groups excluding carboxylic acids is 2. The number of methoxy groups -OCH3 is 1. The molecule has 0 heterocycles. The van der Waals surface area contributed by atoms with Gasteiger partial charge < -0.3 is 15.0 Å². The number of rotatable bonds is 9. The van der Waals surface area contributed by atoms with E-state index in [4.69, 9.17) is 4.74 Å². The number of anilines is 1. The number of benzene rings is 2. The summed E-state index contributed by atoms with van der Waals surface area (Å²) < 4.78 is 32.0. The van der Waals surface area contributed by atoms with Gasteiger partial charge in [-0.3, -0.25) is 13.9 Å². The van der Waals surface area contributed by atoms with Crippen molar-refractivity contribution < 1.29 is 22.7 Å². The number of nitrogens with zero attached hydrogens (tertiary/aromatic N) is 2. The molecule has 0 bridgehead atoms. The number of carbonyl (C=O) groups is 2. The lowest BCUT2D eigenvalue weighted by molar-refractivity contribution is -0.139. The van der Waals surface area contributed by atoms with Crippen molar-refractivity contribution in [1.29, 1.82) is 0 Å². The van der Waals surface area contributed by atoms with Gasteiger partial charge in [-0.05, 0) is 36.8 Å². The van der Waals surface area contributed by atoms with Gasteiger partial charge in [0.15, 0.2) is 0 Å². The van der Waals surface area contributed by atoms with Crippen molar-refractivity contribution in [2.45, 2.75) is 19.5 Å². The zero-order valence-corrected chi connectivity index (χ0v) is 20.2. The van der Waals surface area contributed by atoms with Crippen LogP contribution in [0, 0.1) is 0 Å². The summed E-state index contributed by atoms with van der Waals surface area (Å²) >= 11 is 3.40. The summed E-state index contributed by atoms with van der Waals surface area (Å²) in [5.41, 5.74) is 1.09. The van der Waals surface area contributed by atoms with Crippen LogP contribution in [0.3, 0.4) is 0 Å². The Morgan fingerprint density at radius 1 is 1.16 bits per heavy atom. The Hall–Kier alpha value is -2.59. The van der Waals surface area contributed by atoms with Gasteiger partial charge in [0.1, 0.15) is 18.3 Å². The van der Waals surface area contributed by atoms with Gasteiger partial charge >= 0.3 is 0 Å². The van der Waals surface area contributed by atoms with E-state index in [1.54, 1.807) is 25.1 Å². The second kappa shape index (κ2) is 10.6. The van der Waals surface area contributed by atoms with Crippen molar-refractivity contribution in [3.8, 4) is 5.75 Å². The first kappa shape index (κ1) is 24.7. The van der Waals surface area contributed by atoms with Crippen LogP contribution >= 0.6 is 15.9 Å². The lowest BCUT2D eigenvalue weighted by Crippen LogP contribution is -2.50. The molecular formula is C21H26BrN3O5S. The molecule has 10 heteroatoms. The van der Waals surface area contributed by atoms with Gasteiger partial charge in [0.05, 0.1) is 19.1 Å². The first-order chi connectivity index (χ1) is 14.6. The Bertz CT molecular complexity index is 1040. The summed E-state index contributed by atoms with van der Waals surface area (Å²) in [5.74, 6) is -0.400. The fourth-order valence-corrected chi connectivity index (χ4v) is 4.29. The maximum absolute atomic E-state index is 13.3. The highest BCUT2D eigenvalue weighted by atomic mass is 79.9. The third-order valence-electron chi connectivity index (χ3n) is 4.68. The van der Waals surface area contributed by atoms with Gasteiger partial charge in [0.25, 0.3) is 0 Å². The third-order valence-corrected chi connectivity index (χ3v) is 6.31. The van der Waals surface area contributed by atoms with Gasteiger partial charge in [-0.25, -0.2) is 8.42 Å². The maximum Gasteiger partial charge on any atom is 0.244 e. The maximum atomic E-state index is 13.3. The number of nitrogens with one attached hydrogen (secondary N) is 1. The van der Waals surface area contributed by atoms with E-state index in [0.29, 0.717) is 11.4 Å². The minimum atomic E-state index is -3.78. The molecule has 0 saturated heterocycles. The number of likely N-dealkylation sites (N-methyl/N-ethyl adjacent to an activating group) is 1. The molecule has 0 fully saturated rings. The molecule has 2 rings (SSSR count). The van der Waals surface area contributed by atoms with Crippen molar-refractivity contribution in [2.24, 2.45) is 0 Å². The SMILES string of the molecule is CNC(=O)[C@@H](C)N(Cc1cccc(Br)c1)C(=O)CN(c1cccc(OC)c1)S(C)(=O)=O. The standard InChI is InChI=1S/C21H26BrN3O5S/c1-15(21(27)23-2)24(13-16-7-5-8-17(22)11-16)20(26)14-25(31(4,28)29)18-9-6-10-19(12-18)30-3/h5-12,15H,13-14H2,1-4H3,(H,23,27)/t15-/m1/s1. The molecule has 0 saturated carbocycles. The van der Waals surface area contributed by atoms with Gasteiger partial charge in [0, 0.05) is 24.1 Å². The summed E-state index contributed by atoms with van der Waals surface area (Å²) in [4.78, 5) is 26.9. The number of hydrogen-bond donors (Lipinski definition) is 1. The highest BCUT2D eigenvalue weighted by Gasteiger charge is 2.29. The van der Waals surface area contributed by atoms with Crippen molar-refractivity contribution >= 4 is 43.5 Å². The summed E-state index contributed by atoms with van der Waals surface area (Å²) in [7, 11) is -0.823. The molecule has 0 radical (unpaired) electrons. The van der Waals surface area contributed by atoms with Crippen LogP contribution in [0.25, 0.3) is 0 Å². The lowest BCUT2D eigenvalue weighted by atomic mass is 10.1. The molecule has 2 amide bonds. The molecule has 0 unspecified atom stereocenters. The average Bonchev–Trinajstić information content (AvgIpc) is 2.73. The van der Waals surface area contributed by atoms with Gasteiger partial charge in [-0.2, -0.15) is 0 Å². The van der Waals surface area contributed by atoms with E-state index in [2.05, 4.69) is 21.2 Å². The number of hydrogen-bond acceptors (Lipinski definition) is 5. The zero-order valence-electron chi connectivity index (χ0n) is 17.8. The summed E-state index contributed by atoms with van der Waals surface area (Å²) in [6.45, 7) is 1.29. The Kier molecular flexibility index (Phi) is 8.46. The molecule has 2 aromatic carbocycles. The van der Waals surface area contributed by atoms with E-state index in [-0.39, 0.29) is 12.5 Å². The van der Waals surface area contributed by atoms with E-state index in [1.807, 2.05) is 24.3 Å². The monoisotopic (exact) mass is 511 g/mol. The van der Waals surface area contributed by atoms with Crippen molar-refractivity contribution in [2.75, 3.05) is 31.3 Å². The predicted molar refractivity (Wildman–Crippen MR) is 123 cm³/mol. The minimum absolute atomic E-state index is 0.141. The topological polar surface area (TPSA) is 96.0 Å². The Morgan fingerprint density at radius 3 is 2.42 bits per heavy atom. The smallest absolute Gasteiger partial charge is 0.244 e. The van der Waals surface area contributed by atoms with Crippen LogP contribution in [-0.2, 0) is 26.2 Å². The predicted octanol–water partition coefficient (Wildman–Crippen LogP) is 2.39. The molecule has 0 spiro atoms. The quantitative estimate of drug-likeness (QED) is 0.557. The van der Waals surface area contributed by atoms with Crippen LogP contribution in [0.5, 0.6) is 5.75 Å². The van der Waals surface area contributed by atoms with Crippen LogP contribution in [0.2, 0.25) is 0 Å². The molecule has 0 aliphatic heterocycles. The number of sulfonamides is 1. The second-order valence-corrected chi connectivity index (χ2v) is 9.74. The fourth-order valence-electron chi connectivity index (χ4n) is 3.00. The van der Waals surface area contributed by atoms with E-state index < -0.39 is 28.5 Å². The molecule has 168 valence electrons. The van der Waals surface area contributed by atoms with E-state index in [9.17, 15) is 18.0 Å². The third kappa shape index (κ3) is 6.70. The highest BCUT2D eigenvalue weighted by Crippen LogP contribution is 2.24. The van der Waals surface area contributed by atoms with Gasteiger partial charge in [-0.15, -0.1) is 0 Å². The first-order valence-electron chi connectivity index (χ1n) is 9.44. The Labute approximate surface area is 191 Å². The van der Waals surface area contributed by atoms with Crippen molar-refractivity contribution in [3.05, 3.63) is 58.6 Å². The van der Waals surface area contributed by atoms with Gasteiger partial charge in [0.2, 0.25) is 21.8 Å². The van der Waals surface area contributed by atoms with Gasteiger partial charge in [-0.1, -0.05) is 34.1 Å². The number of halogens is 1. The fraction of sp³-hybridized carbons (Fsp3) is 0.333. The molecule has 2 aromatic rings. The van der Waals surface area contributed by atoms with Crippen LogP contribution in [0.4, 0.5) is 5.69 Å². The van der Waals surface area contributed by atoms with E-state index >= 15 is 0 Å². The first-order valence-corrected chi connectivity index (χ1v) is 12.1. The van der Waals surface area contributed by atoms with E-state index in [0.717, 1.165) is 20.6 Å². The summed E-state index contributed by atoms with van der Waals surface area (Å²) in [5, 5.41) is 2.54. The second-order valence-electron chi connectivity index (χ2n) is 6.91. The molecule has 0 aliphatic carbocycles. The molecule has 0 aliphatic rings. The minimum Gasteiger partial charge on any atom is -0.497 e. The lowest BCUT2D eigenvalue weighted by Gasteiger charge is -2.31. The molecular weight excluding hydrogens is 486 g/mol. The van der Waals surface area contributed by atoms with E-state index in [1.165, 1.54) is 25.1 Å². The number of amides is 2. The molecule has 1 atom stereocenters.